The van der Waals surface area contributed by atoms with E-state index in [-0.39, 0.29) is 5.56 Å². The molecule has 1 saturated carbocycles. The Morgan fingerprint density at radius 1 is 1.25 bits per heavy atom. The van der Waals surface area contributed by atoms with E-state index in [0.717, 1.165) is 34.1 Å². The number of nitrogens with one attached hydrogen (secondary N) is 1. The molecule has 1 aromatic carbocycles. The second-order valence-electron chi connectivity index (χ2n) is 5.46. The zero-order valence-electron chi connectivity index (χ0n) is 11.4. The van der Waals surface area contributed by atoms with Crippen LogP contribution in [0, 0.1) is 6.92 Å². The third-order valence-electron chi connectivity index (χ3n) is 3.98. The first-order valence-corrected chi connectivity index (χ1v) is 7.80. The highest BCUT2D eigenvalue weighted by Crippen LogP contribution is 2.33. The van der Waals surface area contributed by atoms with Gasteiger partial charge in [-0.25, -0.2) is 4.98 Å². The van der Waals surface area contributed by atoms with Gasteiger partial charge in [0.1, 0.15) is 5.82 Å². The molecule has 3 nitrogen and oxygen atoms in total. The summed E-state index contributed by atoms with van der Waals surface area (Å²) >= 11 is 3.46. The highest BCUT2D eigenvalue weighted by Gasteiger charge is 2.20. The number of aryl methyl sites for hydroxylation is 1. The fraction of sp³-hybridized carbons (Fsp3) is 0.375. The van der Waals surface area contributed by atoms with Gasteiger partial charge in [-0.1, -0.05) is 28.8 Å². The van der Waals surface area contributed by atoms with E-state index in [0.29, 0.717) is 11.7 Å². The summed E-state index contributed by atoms with van der Waals surface area (Å²) < 4.78 is 1.04. The third kappa shape index (κ3) is 2.70. The number of hydrogen-bond donors (Lipinski definition) is 1. The molecule has 104 valence electrons. The molecule has 20 heavy (non-hydrogen) atoms. The monoisotopic (exact) mass is 332 g/mol. The van der Waals surface area contributed by atoms with Gasteiger partial charge in [-0.3, -0.25) is 4.79 Å². The van der Waals surface area contributed by atoms with Crippen LogP contribution in [0.15, 0.2) is 33.5 Å². The maximum Gasteiger partial charge on any atom is 0.251 e. The first kappa shape index (κ1) is 13.6. The number of H-pyrrole nitrogens is 1. The van der Waals surface area contributed by atoms with Crippen molar-refractivity contribution in [1.29, 1.82) is 0 Å². The Hall–Kier alpha value is -1.42. The van der Waals surface area contributed by atoms with E-state index in [1.807, 2.05) is 25.1 Å². The Bertz CT molecular complexity index is 687. The Balaban J connectivity index is 2.07. The standard InChI is InChI=1S/C16H17BrN2O/c1-10-8-12(17)6-7-13(10)16-18-14(9-15(20)19-16)11-4-2-3-5-11/h6-9,11H,2-5H2,1H3,(H,18,19,20). The first-order valence-electron chi connectivity index (χ1n) is 7.01. The molecular formula is C16H17BrN2O. The molecule has 0 saturated heterocycles. The predicted molar refractivity (Wildman–Crippen MR) is 83.9 cm³/mol. The second kappa shape index (κ2) is 5.52. The summed E-state index contributed by atoms with van der Waals surface area (Å²) in [6, 6.07) is 7.67. The van der Waals surface area contributed by atoms with Crippen LogP contribution in [0.5, 0.6) is 0 Å². The molecule has 1 fully saturated rings. The predicted octanol–water partition coefficient (Wildman–Crippen LogP) is 4.17. The molecule has 1 aliphatic rings. The molecule has 0 atom stereocenters. The lowest BCUT2D eigenvalue weighted by Gasteiger charge is -2.11. The number of aromatic nitrogens is 2. The van der Waals surface area contributed by atoms with Crippen LogP contribution < -0.4 is 5.56 Å². The summed E-state index contributed by atoms with van der Waals surface area (Å²) in [5.41, 5.74) is 2.99. The van der Waals surface area contributed by atoms with Gasteiger partial charge in [0.05, 0.1) is 5.69 Å². The maximum atomic E-state index is 11.9. The molecule has 3 rings (SSSR count). The number of nitrogens with zero attached hydrogens (tertiary/aromatic N) is 1. The molecule has 1 aromatic heterocycles. The van der Waals surface area contributed by atoms with E-state index in [1.54, 1.807) is 6.07 Å². The molecule has 0 radical (unpaired) electrons. The van der Waals surface area contributed by atoms with Gasteiger partial charge in [0, 0.05) is 22.0 Å². The minimum atomic E-state index is -0.0563. The number of hydrogen-bond acceptors (Lipinski definition) is 2. The van der Waals surface area contributed by atoms with Crippen molar-refractivity contribution >= 4 is 15.9 Å². The highest BCUT2D eigenvalue weighted by molar-refractivity contribution is 9.10. The minimum Gasteiger partial charge on any atom is -0.307 e. The van der Waals surface area contributed by atoms with Crippen LogP contribution in [0.3, 0.4) is 0 Å². The summed E-state index contributed by atoms with van der Waals surface area (Å²) in [5.74, 6) is 1.14. The summed E-state index contributed by atoms with van der Waals surface area (Å²) in [4.78, 5) is 19.5. The van der Waals surface area contributed by atoms with Gasteiger partial charge in [0.15, 0.2) is 0 Å². The van der Waals surface area contributed by atoms with E-state index < -0.39 is 0 Å². The summed E-state index contributed by atoms with van der Waals surface area (Å²) in [5, 5.41) is 0. The zero-order valence-corrected chi connectivity index (χ0v) is 13.0. The number of aromatic amines is 1. The van der Waals surface area contributed by atoms with Gasteiger partial charge >= 0.3 is 0 Å². The molecule has 0 amide bonds. The van der Waals surface area contributed by atoms with Gasteiger partial charge in [0.25, 0.3) is 5.56 Å². The zero-order chi connectivity index (χ0) is 14.1. The van der Waals surface area contributed by atoms with Crippen LogP contribution in [0.25, 0.3) is 11.4 Å². The molecule has 2 aromatic rings. The molecule has 0 unspecified atom stereocenters. The fourth-order valence-electron chi connectivity index (χ4n) is 2.93. The van der Waals surface area contributed by atoms with Crippen LogP contribution in [0.4, 0.5) is 0 Å². The average Bonchev–Trinajstić information content (AvgIpc) is 2.91. The van der Waals surface area contributed by atoms with Crippen molar-refractivity contribution in [2.24, 2.45) is 0 Å². The molecule has 0 bridgehead atoms. The van der Waals surface area contributed by atoms with Gasteiger partial charge in [0.2, 0.25) is 0 Å². The lowest BCUT2D eigenvalue weighted by atomic mass is 10.0. The van der Waals surface area contributed by atoms with Gasteiger partial charge in [-0.05, 0) is 43.5 Å². The molecule has 4 heteroatoms. The van der Waals surface area contributed by atoms with Crippen LogP contribution in [0.1, 0.15) is 42.9 Å². The van der Waals surface area contributed by atoms with E-state index in [2.05, 4.69) is 20.9 Å². The fourth-order valence-corrected chi connectivity index (χ4v) is 3.40. The van der Waals surface area contributed by atoms with Gasteiger partial charge in [-0.15, -0.1) is 0 Å². The molecule has 1 N–H and O–H groups in total. The molecule has 1 heterocycles. The number of halogens is 1. The van der Waals surface area contributed by atoms with Crippen molar-refractivity contribution in [2.45, 2.75) is 38.5 Å². The summed E-state index contributed by atoms with van der Waals surface area (Å²) in [6.07, 6.45) is 4.78. The van der Waals surface area contributed by atoms with E-state index in [1.165, 1.54) is 12.8 Å². The maximum absolute atomic E-state index is 11.9. The summed E-state index contributed by atoms with van der Waals surface area (Å²) in [7, 11) is 0. The minimum absolute atomic E-state index is 0.0563. The average molecular weight is 333 g/mol. The van der Waals surface area contributed by atoms with Crippen LogP contribution in [-0.2, 0) is 0 Å². The van der Waals surface area contributed by atoms with Crippen LogP contribution >= 0.6 is 15.9 Å². The smallest absolute Gasteiger partial charge is 0.251 e. The van der Waals surface area contributed by atoms with Crippen molar-refractivity contribution < 1.29 is 0 Å². The highest BCUT2D eigenvalue weighted by atomic mass is 79.9. The summed E-state index contributed by atoms with van der Waals surface area (Å²) in [6.45, 7) is 2.03. The molecule has 1 aliphatic carbocycles. The van der Waals surface area contributed by atoms with Gasteiger partial charge < -0.3 is 4.98 Å². The SMILES string of the molecule is Cc1cc(Br)ccc1-c1nc(C2CCCC2)cc(=O)[nH]1. The quantitative estimate of drug-likeness (QED) is 0.897. The topological polar surface area (TPSA) is 45.8 Å². The van der Waals surface area contributed by atoms with Crippen molar-refractivity contribution in [3.8, 4) is 11.4 Å². The largest absolute Gasteiger partial charge is 0.307 e. The third-order valence-corrected chi connectivity index (χ3v) is 4.47. The molecule has 0 spiro atoms. The Kier molecular flexibility index (Phi) is 3.74. The van der Waals surface area contributed by atoms with E-state index in [4.69, 9.17) is 4.98 Å². The number of benzene rings is 1. The Morgan fingerprint density at radius 2 is 2.00 bits per heavy atom. The number of rotatable bonds is 2. The van der Waals surface area contributed by atoms with E-state index in [9.17, 15) is 4.79 Å². The normalized spacial score (nSPS) is 15.7. The van der Waals surface area contributed by atoms with Crippen molar-refractivity contribution in [1.82, 2.24) is 9.97 Å². The van der Waals surface area contributed by atoms with Gasteiger partial charge in [-0.2, -0.15) is 0 Å². The Morgan fingerprint density at radius 3 is 2.70 bits per heavy atom. The van der Waals surface area contributed by atoms with Crippen LogP contribution in [0.2, 0.25) is 0 Å². The van der Waals surface area contributed by atoms with Crippen molar-refractivity contribution in [3.63, 3.8) is 0 Å². The first-order chi connectivity index (χ1) is 9.63. The Labute approximate surface area is 126 Å². The lowest BCUT2D eigenvalue weighted by molar-refractivity contribution is 0.693. The molecular weight excluding hydrogens is 316 g/mol. The second-order valence-corrected chi connectivity index (χ2v) is 6.38. The van der Waals surface area contributed by atoms with E-state index >= 15 is 0 Å². The lowest BCUT2D eigenvalue weighted by Crippen LogP contribution is -2.12. The van der Waals surface area contributed by atoms with Crippen molar-refractivity contribution in [2.75, 3.05) is 0 Å². The van der Waals surface area contributed by atoms with Crippen molar-refractivity contribution in [3.05, 3.63) is 50.3 Å². The van der Waals surface area contributed by atoms with Crippen LogP contribution in [-0.4, -0.2) is 9.97 Å². The molecule has 0 aliphatic heterocycles.